The van der Waals surface area contributed by atoms with Gasteiger partial charge in [-0.1, -0.05) is 30.3 Å². The highest BCUT2D eigenvalue weighted by Crippen LogP contribution is 2.02. The molecule has 1 aromatic carbocycles. The van der Waals surface area contributed by atoms with Gasteiger partial charge in [-0.25, -0.2) is 13.1 Å². The van der Waals surface area contributed by atoms with Crippen LogP contribution in [0.4, 0.5) is 0 Å². The lowest BCUT2D eigenvalue weighted by molar-refractivity contribution is 0.102. The maximum Gasteiger partial charge on any atom is 0.219 e. The molecule has 1 aromatic rings. The molecule has 1 rings (SSSR count). The van der Waals surface area contributed by atoms with Gasteiger partial charge in [0.15, 0.2) is 5.78 Å². The van der Waals surface area contributed by atoms with Gasteiger partial charge in [-0.2, -0.15) is 5.26 Å². The Morgan fingerprint density at radius 3 is 2.53 bits per heavy atom. The number of carbonyl (C=O) groups excluding carboxylic acids is 1. The van der Waals surface area contributed by atoms with Crippen molar-refractivity contribution in [3.63, 3.8) is 0 Å². The van der Waals surface area contributed by atoms with E-state index in [-0.39, 0.29) is 6.54 Å². The maximum absolute atomic E-state index is 11.7. The molecule has 0 spiro atoms. The molecule has 5 nitrogen and oxygen atoms in total. The largest absolute Gasteiger partial charge is 0.293 e. The molecule has 0 aromatic heterocycles. The van der Waals surface area contributed by atoms with Crippen LogP contribution in [0.5, 0.6) is 0 Å². The van der Waals surface area contributed by atoms with Crippen LogP contribution in [0, 0.1) is 11.3 Å². The van der Waals surface area contributed by atoms with E-state index in [1.807, 2.05) is 6.07 Å². The molecular weight excluding hydrogens is 264 g/mol. The van der Waals surface area contributed by atoms with Gasteiger partial charge in [0, 0.05) is 18.5 Å². The summed E-state index contributed by atoms with van der Waals surface area (Å²) in [5, 5.41) is 8.34. The highest BCUT2D eigenvalue weighted by Gasteiger charge is 2.16. The first-order chi connectivity index (χ1) is 9.05. The third kappa shape index (κ3) is 6.13. The van der Waals surface area contributed by atoms with E-state index in [1.54, 1.807) is 30.3 Å². The number of rotatable bonds is 8. The third-order valence-electron chi connectivity index (χ3n) is 2.45. The smallest absolute Gasteiger partial charge is 0.219 e. The van der Waals surface area contributed by atoms with Crippen LogP contribution in [0.2, 0.25) is 0 Å². The van der Waals surface area contributed by atoms with Crippen LogP contribution >= 0.6 is 0 Å². The van der Waals surface area contributed by atoms with Gasteiger partial charge in [0.1, 0.15) is 5.75 Å². The lowest BCUT2D eigenvalue weighted by atomic mass is 10.2. The molecule has 0 saturated heterocycles. The number of nitrogens with one attached hydrogen (secondary N) is 1. The molecular formula is C13H16N2O3S. The molecule has 0 saturated carbocycles. The molecule has 0 heterocycles. The van der Waals surface area contributed by atoms with E-state index in [4.69, 9.17) is 5.26 Å². The number of unbranched alkanes of at least 4 members (excludes halogenated alkanes) is 2. The zero-order valence-electron chi connectivity index (χ0n) is 10.5. The maximum atomic E-state index is 11.7. The predicted molar refractivity (Wildman–Crippen MR) is 72.0 cm³/mol. The Hall–Kier alpha value is -1.71. The van der Waals surface area contributed by atoms with Crippen molar-refractivity contribution < 1.29 is 13.2 Å². The highest BCUT2D eigenvalue weighted by molar-refractivity contribution is 7.90. The Bertz CT molecular complexity index is 547. The van der Waals surface area contributed by atoms with E-state index in [0.29, 0.717) is 24.8 Å². The van der Waals surface area contributed by atoms with Crippen LogP contribution in [0.15, 0.2) is 30.3 Å². The first kappa shape index (κ1) is 15.3. The first-order valence-corrected chi connectivity index (χ1v) is 7.63. The number of hydrogen-bond donors (Lipinski definition) is 1. The normalized spacial score (nSPS) is 10.9. The molecule has 0 aliphatic carbocycles. The number of nitrogens with zero attached hydrogens (tertiary/aromatic N) is 1. The van der Waals surface area contributed by atoms with Crippen molar-refractivity contribution >= 4 is 15.8 Å². The summed E-state index contributed by atoms with van der Waals surface area (Å²) >= 11 is 0. The van der Waals surface area contributed by atoms with Crippen molar-refractivity contribution in [3.05, 3.63) is 35.9 Å². The van der Waals surface area contributed by atoms with E-state index in [0.717, 1.165) is 0 Å². The van der Waals surface area contributed by atoms with Crippen LogP contribution in [-0.2, 0) is 10.0 Å². The van der Waals surface area contributed by atoms with Crippen molar-refractivity contribution in [1.29, 1.82) is 5.26 Å². The fourth-order valence-corrected chi connectivity index (χ4v) is 2.56. The fraction of sp³-hybridized carbons (Fsp3) is 0.385. The summed E-state index contributed by atoms with van der Waals surface area (Å²) in [6.07, 6.45) is 1.64. The van der Waals surface area contributed by atoms with Gasteiger partial charge in [-0.3, -0.25) is 4.79 Å². The van der Waals surface area contributed by atoms with Gasteiger partial charge >= 0.3 is 0 Å². The molecule has 0 aliphatic rings. The Balaban J connectivity index is 2.43. The molecule has 19 heavy (non-hydrogen) atoms. The third-order valence-corrected chi connectivity index (χ3v) is 3.74. The second-order valence-corrected chi connectivity index (χ2v) is 5.86. The van der Waals surface area contributed by atoms with Crippen LogP contribution in [0.3, 0.4) is 0 Å². The zero-order chi connectivity index (χ0) is 14.1. The summed E-state index contributed by atoms with van der Waals surface area (Å²) in [6.45, 7) is 0.256. The van der Waals surface area contributed by atoms with Crippen molar-refractivity contribution in [2.24, 2.45) is 0 Å². The van der Waals surface area contributed by atoms with Gasteiger partial charge in [0.05, 0.1) is 6.07 Å². The number of sulfonamides is 1. The van der Waals surface area contributed by atoms with Crippen molar-refractivity contribution in [3.8, 4) is 6.07 Å². The number of Topliss-reactive ketones (excluding diaryl/α,β-unsaturated/α-hetero) is 1. The van der Waals surface area contributed by atoms with Crippen molar-refractivity contribution in [2.45, 2.75) is 19.3 Å². The average Bonchev–Trinajstić information content (AvgIpc) is 2.39. The first-order valence-electron chi connectivity index (χ1n) is 5.98. The summed E-state index contributed by atoms with van der Waals surface area (Å²) < 4.78 is 25.7. The molecule has 0 bridgehead atoms. The summed E-state index contributed by atoms with van der Waals surface area (Å²) in [5.41, 5.74) is 0.386. The van der Waals surface area contributed by atoms with Crippen LogP contribution in [0.25, 0.3) is 0 Å². The Morgan fingerprint density at radius 2 is 1.89 bits per heavy atom. The number of ketones is 1. The van der Waals surface area contributed by atoms with Crippen LogP contribution < -0.4 is 4.72 Å². The lowest BCUT2D eigenvalue weighted by Gasteiger charge is -2.05. The van der Waals surface area contributed by atoms with Gasteiger partial charge in [-0.15, -0.1) is 0 Å². The molecule has 102 valence electrons. The van der Waals surface area contributed by atoms with Crippen LogP contribution in [0.1, 0.15) is 29.6 Å². The average molecular weight is 280 g/mol. The molecule has 6 heteroatoms. The molecule has 0 amide bonds. The molecule has 0 unspecified atom stereocenters. The number of carbonyl (C=O) groups is 1. The quantitative estimate of drug-likeness (QED) is 0.577. The monoisotopic (exact) mass is 280 g/mol. The van der Waals surface area contributed by atoms with Crippen LogP contribution in [-0.4, -0.2) is 26.5 Å². The van der Waals surface area contributed by atoms with Crippen molar-refractivity contribution in [1.82, 2.24) is 4.72 Å². The Morgan fingerprint density at radius 1 is 1.21 bits per heavy atom. The predicted octanol–water partition coefficient (Wildman–Crippen LogP) is 1.48. The fourth-order valence-electron chi connectivity index (χ4n) is 1.49. The molecule has 0 atom stereocenters. The highest BCUT2D eigenvalue weighted by atomic mass is 32.2. The molecule has 0 fully saturated rings. The Labute approximate surface area is 113 Å². The molecule has 1 N–H and O–H groups in total. The minimum atomic E-state index is -3.60. The minimum absolute atomic E-state index is 0.256. The second kappa shape index (κ2) is 7.67. The standard InChI is InChI=1S/C13H16N2O3S/c14-9-5-2-6-10-15-19(17,18)11-13(16)12-7-3-1-4-8-12/h1,3-4,7-8,15H,2,5-6,10-11H2. The summed E-state index contributed by atoms with van der Waals surface area (Å²) in [5.74, 6) is -0.972. The van der Waals surface area contributed by atoms with E-state index < -0.39 is 21.6 Å². The van der Waals surface area contributed by atoms with E-state index in [2.05, 4.69) is 4.72 Å². The second-order valence-electron chi connectivity index (χ2n) is 4.06. The van der Waals surface area contributed by atoms with Gasteiger partial charge < -0.3 is 0 Å². The van der Waals surface area contributed by atoms with E-state index in [9.17, 15) is 13.2 Å². The molecule has 0 aliphatic heterocycles. The summed E-state index contributed by atoms with van der Waals surface area (Å²) in [7, 11) is -3.60. The van der Waals surface area contributed by atoms with E-state index in [1.165, 1.54) is 0 Å². The minimum Gasteiger partial charge on any atom is -0.293 e. The molecule has 0 radical (unpaired) electrons. The van der Waals surface area contributed by atoms with Crippen molar-refractivity contribution in [2.75, 3.05) is 12.3 Å². The van der Waals surface area contributed by atoms with E-state index >= 15 is 0 Å². The van der Waals surface area contributed by atoms with Gasteiger partial charge in [-0.05, 0) is 12.8 Å². The number of hydrogen-bond acceptors (Lipinski definition) is 4. The lowest BCUT2D eigenvalue weighted by Crippen LogP contribution is -2.30. The topological polar surface area (TPSA) is 87.0 Å². The van der Waals surface area contributed by atoms with Gasteiger partial charge in [0.2, 0.25) is 10.0 Å². The zero-order valence-corrected chi connectivity index (χ0v) is 11.3. The summed E-state index contributed by atoms with van der Waals surface area (Å²) in [4.78, 5) is 11.7. The number of benzene rings is 1. The Kier molecular flexibility index (Phi) is 6.19. The summed E-state index contributed by atoms with van der Waals surface area (Å²) in [6, 6.07) is 10.3. The van der Waals surface area contributed by atoms with Gasteiger partial charge in [0.25, 0.3) is 0 Å². The number of nitriles is 1. The SMILES string of the molecule is N#CCCCCNS(=O)(=O)CC(=O)c1ccccc1.